The summed E-state index contributed by atoms with van der Waals surface area (Å²) in [5, 5.41) is 11.2. The molecular weight excluding hydrogens is 236 g/mol. The van der Waals surface area contributed by atoms with Crippen LogP contribution in [0.4, 0.5) is 5.13 Å². The molecule has 0 radical (unpaired) electrons. The highest BCUT2D eigenvalue weighted by Crippen LogP contribution is 2.29. The fourth-order valence-corrected chi connectivity index (χ4v) is 2.59. The molecule has 1 aromatic heterocycles. The number of nitrogens with two attached hydrogens (primary N) is 1. The average Bonchev–Trinajstić information content (AvgIpc) is 2.75. The van der Waals surface area contributed by atoms with Gasteiger partial charge in [-0.3, -0.25) is 4.79 Å². The van der Waals surface area contributed by atoms with E-state index in [-0.39, 0.29) is 5.91 Å². The molecule has 0 saturated carbocycles. The number of likely N-dealkylation sites (tertiary alicyclic amines) is 1. The second-order valence-electron chi connectivity index (χ2n) is 4.57. The van der Waals surface area contributed by atoms with Crippen molar-refractivity contribution in [1.82, 2.24) is 9.88 Å². The van der Waals surface area contributed by atoms with Gasteiger partial charge in [0.15, 0.2) is 5.13 Å². The quantitative estimate of drug-likeness (QED) is 0.818. The fourth-order valence-electron chi connectivity index (χ4n) is 2.05. The summed E-state index contributed by atoms with van der Waals surface area (Å²) < 4.78 is 0. The molecule has 5 nitrogen and oxygen atoms in total. The third-order valence-electron chi connectivity index (χ3n) is 2.99. The van der Waals surface area contributed by atoms with Crippen LogP contribution < -0.4 is 5.73 Å². The molecule has 0 aromatic carbocycles. The standard InChI is InChI=1S/C11H14N4OS/c1-11(6-12)3-2-4-15(7-11)9(16)8-5-17-10(13)14-8/h5H,2-4,7H2,1H3,(H2,13,14)/t11-/m0/s1. The molecule has 1 aliphatic rings. The SMILES string of the molecule is C[C@@]1(C#N)CCCN(C(=O)c2csc(N)n2)C1. The number of nitriles is 1. The number of amides is 1. The lowest BCUT2D eigenvalue weighted by atomic mass is 9.83. The second kappa shape index (κ2) is 4.34. The number of piperidine rings is 1. The van der Waals surface area contributed by atoms with Crippen LogP contribution in [-0.2, 0) is 0 Å². The summed E-state index contributed by atoms with van der Waals surface area (Å²) in [6.45, 7) is 3.05. The molecule has 1 amide bonds. The van der Waals surface area contributed by atoms with E-state index in [2.05, 4.69) is 11.1 Å². The van der Waals surface area contributed by atoms with Crippen LogP contribution in [0.3, 0.4) is 0 Å². The maximum Gasteiger partial charge on any atom is 0.273 e. The van der Waals surface area contributed by atoms with E-state index in [1.807, 2.05) is 6.92 Å². The highest BCUT2D eigenvalue weighted by Gasteiger charge is 2.34. The van der Waals surface area contributed by atoms with Crippen molar-refractivity contribution in [2.45, 2.75) is 19.8 Å². The van der Waals surface area contributed by atoms with Crippen LogP contribution >= 0.6 is 11.3 Å². The van der Waals surface area contributed by atoms with Crippen molar-refractivity contribution in [2.75, 3.05) is 18.8 Å². The van der Waals surface area contributed by atoms with Gasteiger partial charge in [0.2, 0.25) is 0 Å². The van der Waals surface area contributed by atoms with Crippen molar-refractivity contribution in [2.24, 2.45) is 5.41 Å². The summed E-state index contributed by atoms with van der Waals surface area (Å²) in [5.41, 5.74) is 5.46. The van der Waals surface area contributed by atoms with Gasteiger partial charge in [-0.1, -0.05) is 0 Å². The van der Waals surface area contributed by atoms with Crippen LogP contribution in [0.15, 0.2) is 5.38 Å². The minimum Gasteiger partial charge on any atom is -0.375 e. The van der Waals surface area contributed by atoms with E-state index in [0.29, 0.717) is 23.9 Å². The van der Waals surface area contributed by atoms with E-state index in [9.17, 15) is 4.79 Å². The molecule has 1 aromatic rings. The second-order valence-corrected chi connectivity index (χ2v) is 5.46. The zero-order valence-corrected chi connectivity index (χ0v) is 10.5. The number of carbonyl (C=O) groups is 1. The van der Waals surface area contributed by atoms with E-state index in [4.69, 9.17) is 11.0 Å². The smallest absolute Gasteiger partial charge is 0.273 e. The van der Waals surface area contributed by atoms with E-state index in [1.165, 1.54) is 11.3 Å². The Kier molecular flexibility index (Phi) is 3.03. The first-order valence-electron chi connectivity index (χ1n) is 5.46. The Bertz CT molecular complexity index is 478. The van der Waals surface area contributed by atoms with E-state index >= 15 is 0 Å². The molecule has 2 heterocycles. The maximum atomic E-state index is 12.1. The van der Waals surface area contributed by atoms with Crippen molar-refractivity contribution < 1.29 is 4.79 Å². The zero-order chi connectivity index (χ0) is 12.5. The molecule has 0 bridgehead atoms. The summed E-state index contributed by atoms with van der Waals surface area (Å²) in [6, 6.07) is 2.29. The number of aromatic nitrogens is 1. The summed E-state index contributed by atoms with van der Waals surface area (Å²) >= 11 is 1.26. The molecule has 6 heteroatoms. The Morgan fingerprint density at radius 1 is 1.76 bits per heavy atom. The summed E-state index contributed by atoms with van der Waals surface area (Å²) in [4.78, 5) is 17.8. The molecule has 90 valence electrons. The van der Waals surface area contributed by atoms with Crippen LogP contribution in [0, 0.1) is 16.7 Å². The van der Waals surface area contributed by atoms with Gasteiger partial charge in [-0.25, -0.2) is 4.98 Å². The Morgan fingerprint density at radius 3 is 3.12 bits per heavy atom. The lowest BCUT2D eigenvalue weighted by Crippen LogP contribution is -2.44. The molecule has 17 heavy (non-hydrogen) atoms. The van der Waals surface area contributed by atoms with Crippen molar-refractivity contribution >= 4 is 22.4 Å². The van der Waals surface area contributed by atoms with E-state index < -0.39 is 5.41 Å². The Balaban J connectivity index is 2.13. The lowest BCUT2D eigenvalue weighted by molar-refractivity contribution is 0.0625. The van der Waals surface area contributed by atoms with Crippen molar-refractivity contribution in [3.63, 3.8) is 0 Å². The highest BCUT2D eigenvalue weighted by atomic mass is 32.1. The summed E-state index contributed by atoms with van der Waals surface area (Å²) in [7, 11) is 0. The number of rotatable bonds is 1. The molecule has 0 spiro atoms. The first kappa shape index (κ1) is 11.9. The predicted octanol–water partition coefficient (Wildman–Crippen LogP) is 1.49. The number of hydrogen-bond acceptors (Lipinski definition) is 5. The fraction of sp³-hybridized carbons (Fsp3) is 0.545. The third kappa shape index (κ3) is 2.39. The van der Waals surface area contributed by atoms with Gasteiger partial charge in [-0.15, -0.1) is 11.3 Å². The molecule has 2 N–H and O–H groups in total. The monoisotopic (exact) mass is 250 g/mol. The van der Waals surface area contributed by atoms with Gasteiger partial charge in [-0.2, -0.15) is 5.26 Å². The highest BCUT2D eigenvalue weighted by molar-refractivity contribution is 7.13. The van der Waals surface area contributed by atoms with Gasteiger partial charge in [0.1, 0.15) is 5.69 Å². The van der Waals surface area contributed by atoms with Crippen LogP contribution in [0.2, 0.25) is 0 Å². The van der Waals surface area contributed by atoms with Crippen molar-refractivity contribution in [3.05, 3.63) is 11.1 Å². The van der Waals surface area contributed by atoms with Gasteiger partial charge < -0.3 is 10.6 Å². The largest absolute Gasteiger partial charge is 0.375 e. The summed E-state index contributed by atoms with van der Waals surface area (Å²) in [6.07, 6.45) is 1.70. The van der Waals surface area contributed by atoms with Crippen LogP contribution in [0.25, 0.3) is 0 Å². The minimum atomic E-state index is -0.435. The molecule has 0 aliphatic carbocycles. The Morgan fingerprint density at radius 2 is 2.53 bits per heavy atom. The predicted molar refractivity (Wildman–Crippen MR) is 65.4 cm³/mol. The molecule has 1 atom stereocenters. The van der Waals surface area contributed by atoms with Crippen molar-refractivity contribution in [3.8, 4) is 6.07 Å². The molecule has 1 fully saturated rings. The minimum absolute atomic E-state index is 0.126. The maximum absolute atomic E-state index is 12.1. The first-order chi connectivity index (χ1) is 8.04. The van der Waals surface area contributed by atoms with Gasteiger partial charge >= 0.3 is 0 Å². The molecule has 0 unspecified atom stereocenters. The van der Waals surface area contributed by atoms with Gasteiger partial charge in [0, 0.05) is 18.5 Å². The average molecular weight is 250 g/mol. The van der Waals surface area contributed by atoms with E-state index in [0.717, 1.165) is 12.8 Å². The first-order valence-corrected chi connectivity index (χ1v) is 6.33. The Hall–Kier alpha value is -1.61. The van der Waals surface area contributed by atoms with Gasteiger partial charge in [-0.05, 0) is 19.8 Å². The number of nitrogen functional groups attached to an aromatic ring is 1. The molecule has 1 aliphatic heterocycles. The van der Waals surface area contributed by atoms with Crippen LogP contribution in [0.1, 0.15) is 30.3 Å². The molecular formula is C11H14N4OS. The molecule has 2 rings (SSSR count). The number of thiazole rings is 1. The summed E-state index contributed by atoms with van der Waals surface area (Å²) in [5.74, 6) is -0.126. The molecule has 1 saturated heterocycles. The van der Waals surface area contributed by atoms with Crippen LogP contribution in [-0.4, -0.2) is 28.9 Å². The topological polar surface area (TPSA) is 83.0 Å². The van der Waals surface area contributed by atoms with Crippen LogP contribution in [0.5, 0.6) is 0 Å². The number of hydrogen-bond donors (Lipinski definition) is 1. The van der Waals surface area contributed by atoms with Gasteiger partial charge in [0.25, 0.3) is 5.91 Å². The third-order valence-corrected chi connectivity index (χ3v) is 3.67. The van der Waals surface area contributed by atoms with E-state index in [1.54, 1.807) is 10.3 Å². The van der Waals surface area contributed by atoms with Crippen molar-refractivity contribution in [1.29, 1.82) is 5.26 Å². The number of anilines is 1. The zero-order valence-electron chi connectivity index (χ0n) is 9.64. The number of carbonyl (C=O) groups excluding carboxylic acids is 1. The normalized spacial score (nSPS) is 24.4. The van der Waals surface area contributed by atoms with Gasteiger partial charge in [0.05, 0.1) is 11.5 Å². The number of nitrogens with zero attached hydrogens (tertiary/aromatic N) is 3. The lowest BCUT2D eigenvalue weighted by Gasteiger charge is -2.35. The Labute approximate surface area is 104 Å².